The van der Waals surface area contributed by atoms with Gasteiger partial charge in [-0.3, -0.25) is 10.1 Å². The van der Waals surface area contributed by atoms with Gasteiger partial charge in [-0.2, -0.15) is 4.98 Å². The van der Waals surface area contributed by atoms with Crippen LogP contribution in [0.2, 0.25) is 0 Å². The zero-order valence-electron chi connectivity index (χ0n) is 12.3. The number of nitrogens with zero attached hydrogens (tertiary/aromatic N) is 2. The van der Waals surface area contributed by atoms with Crippen molar-refractivity contribution in [3.63, 3.8) is 0 Å². The average Bonchev–Trinajstić information content (AvgIpc) is 2.97. The van der Waals surface area contributed by atoms with E-state index in [-0.39, 0.29) is 11.9 Å². The van der Waals surface area contributed by atoms with Crippen LogP contribution in [-0.2, 0) is 4.79 Å². The van der Waals surface area contributed by atoms with E-state index in [0.717, 1.165) is 11.1 Å². The zero-order chi connectivity index (χ0) is 15.8. The maximum absolute atomic E-state index is 12.8. The Balaban J connectivity index is 1.76. The lowest BCUT2D eigenvalue weighted by Crippen LogP contribution is -2.25. The predicted octanol–water partition coefficient (Wildman–Crippen LogP) is 3.25. The first-order chi connectivity index (χ1) is 11.2. The fraction of sp³-hybridized carbons (Fsp3) is 0.118. The first-order valence-corrected chi connectivity index (χ1v) is 7.19. The first-order valence-electron chi connectivity index (χ1n) is 7.19. The van der Waals surface area contributed by atoms with Crippen molar-refractivity contribution in [3.05, 3.63) is 65.5 Å². The van der Waals surface area contributed by atoms with Crippen LogP contribution in [0.15, 0.2) is 53.1 Å². The molecule has 0 fully saturated rings. The van der Waals surface area contributed by atoms with E-state index < -0.39 is 5.92 Å². The van der Waals surface area contributed by atoms with Gasteiger partial charge in [-0.15, -0.1) is 0 Å². The van der Waals surface area contributed by atoms with Gasteiger partial charge in [0.2, 0.25) is 5.91 Å². The molecule has 23 heavy (non-hydrogen) atoms. The number of hydrogen-bond acceptors (Lipinski definition) is 5. The minimum atomic E-state index is -0.497. The van der Waals surface area contributed by atoms with Gasteiger partial charge < -0.3 is 9.26 Å². The molecular weight excluding hydrogens is 294 g/mol. The fourth-order valence-corrected chi connectivity index (χ4v) is 2.72. The first kappa shape index (κ1) is 13.5. The number of rotatable bonds is 2. The van der Waals surface area contributed by atoms with Gasteiger partial charge in [0.15, 0.2) is 5.82 Å². The number of carbonyl (C=O) groups excluding carboxylic acids is 1. The van der Waals surface area contributed by atoms with Gasteiger partial charge in [0.05, 0.1) is 5.92 Å². The average molecular weight is 307 g/mol. The second-order valence-corrected chi connectivity index (χ2v) is 5.25. The molecule has 0 spiro atoms. The molecule has 0 radical (unpaired) electrons. The molecule has 4 rings (SSSR count). The fourth-order valence-electron chi connectivity index (χ4n) is 2.72. The topological polar surface area (TPSA) is 77.2 Å². The molecule has 6 heteroatoms. The number of amides is 1. The zero-order valence-corrected chi connectivity index (χ0v) is 12.3. The van der Waals surface area contributed by atoms with Gasteiger partial charge in [-0.25, -0.2) is 0 Å². The molecule has 0 unspecified atom stereocenters. The van der Waals surface area contributed by atoms with Crippen LogP contribution in [0.1, 0.15) is 22.9 Å². The number of para-hydroxylation sites is 2. The van der Waals surface area contributed by atoms with Gasteiger partial charge in [-0.05, 0) is 19.1 Å². The summed E-state index contributed by atoms with van der Waals surface area (Å²) < 4.78 is 10.9. The Morgan fingerprint density at radius 1 is 1.04 bits per heavy atom. The third-order valence-electron chi connectivity index (χ3n) is 3.70. The third-order valence-corrected chi connectivity index (χ3v) is 3.70. The molecule has 1 aliphatic rings. The highest BCUT2D eigenvalue weighted by molar-refractivity contribution is 5.98. The number of benzene rings is 2. The van der Waals surface area contributed by atoms with E-state index >= 15 is 0 Å². The van der Waals surface area contributed by atoms with Crippen molar-refractivity contribution < 1.29 is 14.1 Å². The number of ether oxygens (including phenoxy) is 1. The Kier molecular flexibility index (Phi) is 3.08. The molecule has 1 aliphatic heterocycles. The van der Waals surface area contributed by atoms with Crippen molar-refractivity contribution in [2.75, 3.05) is 5.32 Å². The molecule has 1 N–H and O–H groups in total. The third kappa shape index (κ3) is 2.34. The van der Waals surface area contributed by atoms with E-state index in [4.69, 9.17) is 9.26 Å². The molecule has 2 aromatic carbocycles. The number of aromatic nitrogens is 2. The molecule has 1 aromatic heterocycles. The number of anilines is 1. The smallest absolute Gasteiger partial charge is 0.328 e. The summed E-state index contributed by atoms with van der Waals surface area (Å²) in [6, 6.07) is 15.1. The minimum Gasteiger partial charge on any atom is -0.457 e. The van der Waals surface area contributed by atoms with Crippen LogP contribution in [0.5, 0.6) is 11.5 Å². The second kappa shape index (κ2) is 5.24. The van der Waals surface area contributed by atoms with E-state index in [1.54, 1.807) is 6.92 Å². The van der Waals surface area contributed by atoms with E-state index in [2.05, 4.69) is 15.5 Å². The quantitative estimate of drug-likeness (QED) is 0.786. The Bertz CT molecular complexity index is 843. The highest BCUT2D eigenvalue weighted by Crippen LogP contribution is 2.44. The van der Waals surface area contributed by atoms with Crippen molar-refractivity contribution in [1.29, 1.82) is 0 Å². The number of hydrogen-bond donors (Lipinski definition) is 1. The molecule has 0 saturated carbocycles. The maximum Gasteiger partial charge on any atom is 0.328 e. The van der Waals surface area contributed by atoms with Crippen molar-refractivity contribution in [2.45, 2.75) is 12.8 Å². The van der Waals surface area contributed by atoms with Crippen LogP contribution in [0, 0.1) is 6.92 Å². The predicted molar refractivity (Wildman–Crippen MR) is 82.5 cm³/mol. The number of carbonyl (C=O) groups is 1. The van der Waals surface area contributed by atoms with Crippen molar-refractivity contribution >= 4 is 11.9 Å². The molecule has 2 heterocycles. The van der Waals surface area contributed by atoms with E-state index in [9.17, 15) is 4.79 Å². The Labute approximate surface area is 132 Å². The normalized spacial score (nSPS) is 12.9. The minimum absolute atomic E-state index is 0.0916. The summed E-state index contributed by atoms with van der Waals surface area (Å²) in [7, 11) is 0. The maximum atomic E-state index is 12.8. The van der Waals surface area contributed by atoms with Gasteiger partial charge in [-0.1, -0.05) is 41.6 Å². The van der Waals surface area contributed by atoms with Gasteiger partial charge >= 0.3 is 6.01 Å². The number of nitrogens with one attached hydrogen (secondary N) is 1. The summed E-state index contributed by atoms with van der Waals surface area (Å²) in [6.45, 7) is 1.69. The van der Waals surface area contributed by atoms with Crippen LogP contribution in [0.25, 0.3) is 0 Å². The molecular formula is C17H13N3O3. The Hall–Kier alpha value is -3.15. The largest absolute Gasteiger partial charge is 0.457 e. The van der Waals surface area contributed by atoms with Crippen LogP contribution in [-0.4, -0.2) is 16.0 Å². The summed E-state index contributed by atoms with van der Waals surface area (Å²) in [4.78, 5) is 16.8. The molecule has 114 valence electrons. The lowest BCUT2D eigenvalue weighted by atomic mass is 9.87. The highest BCUT2D eigenvalue weighted by atomic mass is 16.5. The SMILES string of the molecule is Cc1noc(NC(=O)C2c3ccccc3Oc3ccccc32)n1. The lowest BCUT2D eigenvalue weighted by molar-refractivity contribution is -0.117. The number of aryl methyl sites for hydroxylation is 1. The Morgan fingerprint density at radius 3 is 2.22 bits per heavy atom. The van der Waals surface area contributed by atoms with Crippen molar-refractivity contribution in [2.24, 2.45) is 0 Å². The standard InChI is InChI=1S/C17H13N3O3/c1-10-18-17(23-20-10)19-16(21)15-11-6-2-4-8-13(11)22-14-9-5-3-7-12(14)15/h2-9,15H,1H3,(H,18,19,20,21). The van der Waals surface area contributed by atoms with Gasteiger partial charge in [0.25, 0.3) is 0 Å². The monoisotopic (exact) mass is 307 g/mol. The summed E-state index contributed by atoms with van der Waals surface area (Å²) in [6.07, 6.45) is 0. The van der Waals surface area contributed by atoms with Crippen LogP contribution < -0.4 is 10.1 Å². The molecule has 0 saturated heterocycles. The second-order valence-electron chi connectivity index (χ2n) is 5.25. The highest BCUT2D eigenvalue weighted by Gasteiger charge is 2.33. The van der Waals surface area contributed by atoms with E-state index in [1.165, 1.54) is 0 Å². The molecule has 0 atom stereocenters. The van der Waals surface area contributed by atoms with Crippen molar-refractivity contribution in [3.8, 4) is 11.5 Å². The van der Waals surface area contributed by atoms with E-state index in [0.29, 0.717) is 17.3 Å². The molecule has 6 nitrogen and oxygen atoms in total. The van der Waals surface area contributed by atoms with Crippen LogP contribution >= 0.6 is 0 Å². The Morgan fingerprint density at radius 2 is 1.65 bits per heavy atom. The van der Waals surface area contributed by atoms with Crippen molar-refractivity contribution in [1.82, 2.24) is 10.1 Å². The van der Waals surface area contributed by atoms with Crippen LogP contribution in [0.3, 0.4) is 0 Å². The van der Waals surface area contributed by atoms with E-state index in [1.807, 2.05) is 48.5 Å². The molecule has 0 aliphatic carbocycles. The summed E-state index contributed by atoms with van der Waals surface area (Å²) >= 11 is 0. The summed E-state index contributed by atoms with van der Waals surface area (Å²) in [5.41, 5.74) is 1.61. The number of fused-ring (bicyclic) bond motifs is 2. The summed E-state index contributed by atoms with van der Waals surface area (Å²) in [5, 5.41) is 6.36. The van der Waals surface area contributed by atoms with Gasteiger partial charge in [0.1, 0.15) is 11.5 Å². The lowest BCUT2D eigenvalue weighted by Gasteiger charge is -2.26. The molecule has 1 amide bonds. The van der Waals surface area contributed by atoms with Crippen LogP contribution in [0.4, 0.5) is 6.01 Å². The molecule has 3 aromatic rings. The molecule has 0 bridgehead atoms. The van der Waals surface area contributed by atoms with Gasteiger partial charge in [0, 0.05) is 11.1 Å². The summed E-state index contributed by atoms with van der Waals surface area (Å²) in [5.74, 6) is 1.08.